The van der Waals surface area contributed by atoms with Gasteiger partial charge >= 0.3 is 0 Å². The van der Waals surface area contributed by atoms with Crippen molar-refractivity contribution in [3.8, 4) is 23.0 Å². The van der Waals surface area contributed by atoms with Gasteiger partial charge in [-0.25, -0.2) is 0 Å². The van der Waals surface area contributed by atoms with Gasteiger partial charge in [-0.3, -0.25) is 0 Å². The number of hydrogen-bond acceptors (Lipinski definition) is 11. The molecule has 0 bridgehead atoms. The maximum atomic E-state index is 10.3. The van der Waals surface area contributed by atoms with Crippen LogP contribution in [0.2, 0.25) is 0 Å². The number of rotatable bonds is 9. The second-order valence-corrected chi connectivity index (χ2v) is 8.78. The fraction of sp³-hybridized carbons (Fsp3) is 0.462. The fourth-order valence-electron chi connectivity index (χ4n) is 4.60. The third-order valence-corrected chi connectivity index (χ3v) is 6.56. The van der Waals surface area contributed by atoms with E-state index in [1.807, 2.05) is 6.07 Å². The van der Waals surface area contributed by atoms with E-state index in [2.05, 4.69) is 0 Å². The summed E-state index contributed by atoms with van der Waals surface area (Å²) in [5, 5.41) is 59.1. The Morgan fingerprint density at radius 2 is 1.62 bits per heavy atom. The van der Waals surface area contributed by atoms with Crippen LogP contribution in [-0.4, -0.2) is 95.4 Å². The first-order valence-electron chi connectivity index (χ1n) is 11.8. The Labute approximate surface area is 213 Å². The Kier molecular flexibility index (Phi) is 8.55. The molecule has 0 unspecified atom stereocenters. The van der Waals surface area contributed by atoms with Crippen molar-refractivity contribution in [2.75, 3.05) is 34.0 Å². The van der Waals surface area contributed by atoms with Gasteiger partial charge in [0, 0.05) is 5.56 Å². The average Bonchev–Trinajstić information content (AvgIpc) is 3.30. The van der Waals surface area contributed by atoms with Crippen molar-refractivity contribution in [2.24, 2.45) is 0 Å². The van der Waals surface area contributed by atoms with Crippen LogP contribution in [-0.2, 0) is 4.74 Å². The molecule has 4 rings (SSSR count). The van der Waals surface area contributed by atoms with Crippen molar-refractivity contribution in [2.45, 2.75) is 42.7 Å². The molecule has 1 saturated heterocycles. The Balaban J connectivity index is 1.61. The third-order valence-electron chi connectivity index (χ3n) is 6.56. The van der Waals surface area contributed by atoms with Gasteiger partial charge in [0.1, 0.15) is 30.5 Å². The van der Waals surface area contributed by atoms with Gasteiger partial charge in [0.25, 0.3) is 0 Å². The second-order valence-electron chi connectivity index (χ2n) is 8.78. The molecule has 2 aromatic rings. The number of aliphatic hydroxyl groups excluding tert-OH is 6. The molecule has 2 aromatic carbocycles. The number of benzene rings is 2. The highest BCUT2D eigenvalue weighted by atomic mass is 16.7. The van der Waals surface area contributed by atoms with Crippen LogP contribution in [0.25, 0.3) is 6.08 Å². The van der Waals surface area contributed by atoms with E-state index in [1.165, 1.54) is 14.2 Å². The van der Waals surface area contributed by atoms with E-state index in [-0.39, 0.29) is 24.7 Å². The predicted molar refractivity (Wildman–Crippen MR) is 130 cm³/mol. The minimum atomic E-state index is -1.58. The summed E-state index contributed by atoms with van der Waals surface area (Å²) in [7, 11) is 2.95. The summed E-state index contributed by atoms with van der Waals surface area (Å²) in [5.74, 6) is 1.03. The van der Waals surface area contributed by atoms with Crippen LogP contribution in [0.15, 0.2) is 36.4 Å². The second kappa shape index (κ2) is 11.7. The molecule has 37 heavy (non-hydrogen) atoms. The molecule has 2 heterocycles. The van der Waals surface area contributed by atoms with Gasteiger partial charge in [0.05, 0.1) is 40.0 Å². The largest absolute Gasteiger partial charge is 0.493 e. The van der Waals surface area contributed by atoms with E-state index in [0.29, 0.717) is 17.1 Å². The molecule has 0 spiro atoms. The van der Waals surface area contributed by atoms with Crippen LogP contribution in [0.5, 0.6) is 23.0 Å². The van der Waals surface area contributed by atoms with Gasteiger partial charge in [0.2, 0.25) is 6.29 Å². The summed E-state index contributed by atoms with van der Waals surface area (Å²) in [6.45, 7) is -0.900. The highest BCUT2D eigenvalue weighted by Gasteiger charge is 2.45. The van der Waals surface area contributed by atoms with E-state index >= 15 is 0 Å². The van der Waals surface area contributed by atoms with Gasteiger partial charge in [-0.1, -0.05) is 18.2 Å². The molecule has 0 saturated carbocycles. The van der Waals surface area contributed by atoms with Crippen LogP contribution in [0.4, 0.5) is 0 Å². The third kappa shape index (κ3) is 5.25. The predicted octanol–water partition coefficient (Wildman–Crippen LogP) is 0.0976. The van der Waals surface area contributed by atoms with E-state index in [9.17, 15) is 25.5 Å². The minimum absolute atomic E-state index is 0.112. The maximum absolute atomic E-state index is 10.3. The molecule has 0 aliphatic carbocycles. The molecule has 202 valence electrons. The topological polar surface area (TPSA) is 168 Å². The summed E-state index contributed by atoms with van der Waals surface area (Å²) < 4.78 is 28.4. The molecular weight excluding hydrogens is 488 g/mol. The summed E-state index contributed by atoms with van der Waals surface area (Å²) in [6, 6.07) is 8.60. The van der Waals surface area contributed by atoms with Gasteiger partial charge in [0.15, 0.2) is 23.0 Å². The molecule has 11 nitrogen and oxygen atoms in total. The zero-order chi connectivity index (χ0) is 26.7. The molecular formula is C26H32O11. The zero-order valence-corrected chi connectivity index (χ0v) is 20.4. The van der Waals surface area contributed by atoms with E-state index in [4.69, 9.17) is 28.8 Å². The van der Waals surface area contributed by atoms with Crippen molar-refractivity contribution in [1.29, 1.82) is 0 Å². The monoisotopic (exact) mass is 520 g/mol. The average molecular weight is 521 g/mol. The van der Waals surface area contributed by atoms with Crippen molar-refractivity contribution >= 4 is 6.08 Å². The normalized spacial score (nSPS) is 29.1. The summed E-state index contributed by atoms with van der Waals surface area (Å²) in [5.41, 5.74) is 2.21. The lowest BCUT2D eigenvalue weighted by Gasteiger charge is -2.39. The van der Waals surface area contributed by atoms with E-state index in [1.54, 1.807) is 36.4 Å². The smallest absolute Gasteiger partial charge is 0.229 e. The first-order valence-corrected chi connectivity index (χ1v) is 11.8. The van der Waals surface area contributed by atoms with Gasteiger partial charge in [-0.05, 0) is 35.4 Å². The number of fused-ring (bicyclic) bond motifs is 1. The molecule has 0 amide bonds. The summed E-state index contributed by atoms with van der Waals surface area (Å²) in [6.07, 6.45) is -4.38. The summed E-state index contributed by atoms with van der Waals surface area (Å²) in [4.78, 5) is 0. The first kappa shape index (κ1) is 27.1. The lowest BCUT2D eigenvalue weighted by atomic mass is 9.90. The van der Waals surface area contributed by atoms with Crippen LogP contribution >= 0.6 is 0 Å². The lowest BCUT2D eigenvalue weighted by Crippen LogP contribution is -2.60. The molecule has 1 fully saturated rings. The Morgan fingerprint density at radius 1 is 0.865 bits per heavy atom. The number of ether oxygens (including phenoxy) is 5. The van der Waals surface area contributed by atoms with Crippen LogP contribution in [0.3, 0.4) is 0 Å². The van der Waals surface area contributed by atoms with E-state index in [0.717, 1.165) is 11.1 Å². The van der Waals surface area contributed by atoms with Crippen molar-refractivity contribution < 1.29 is 54.3 Å². The van der Waals surface area contributed by atoms with Crippen molar-refractivity contribution in [3.63, 3.8) is 0 Å². The Morgan fingerprint density at radius 3 is 2.27 bits per heavy atom. The van der Waals surface area contributed by atoms with Gasteiger partial charge in [-0.2, -0.15) is 0 Å². The molecule has 2 aliphatic rings. The Hall–Kier alpha value is -2.90. The fourth-order valence-corrected chi connectivity index (χ4v) is 4.60. The minimum Gasteiger partial charge on any atom is -0.493 e. The van der Waals surface area contributed by atoms with Crippen LogP contribution in [0.1, 0.15) is 28.7 Å². The molecule has 11 heteroatoms. The first-order chi connectivity index (χ1) is 17.9. The molecule has 7 atom stereocenters. The molecule has 0 radical (unpaired) electrons. The highest BCUT2D eigenvalue weighted by Crippen LogP contribution is 2.51. The zero-order valence-electron chi connectivity index (χ0n) is 20.4. The number of hydrogen-bond donors (Lipinski definition) is 6. The summed E-state index contributed by atoms with van der Waals surface area (Å²) >= 11 is 0. The maximum Gasteiger partial charge on any atom is 0.229 e. The molecule has 2 aliphatic heterocycles. The SMILES string of the molecule is COc1cc([C@H]2Oc3c(OC)cc(/C=C/CO)cc3[C@@H]2CO)ccc1O[C@H]1O[C@@H](CO)[C@H](O)[C@@H](O)[C@@H]1O. The van der Waals surface area contributed by atoms with Crippen molar-refractivity contribution in [1.82, 2.24) is 0 Å². The van der Waals surface area contributed by atoms with E-state index < -0.39 is 49.3 Å². The van der Waals surface area contributed by atoms with Gasteiger partial charge in [-0.15, -0.1) is 0 Å². The quantitative estimate of drug-likeness (QED) is 0.265. The molecule has 6 N–H and O–H groups in total. The van der Waals surface area contributed by atoms with Crippen molar-refractivity contribution in [3.05, 3.63) is 53.1 Å². The number of aliphatic hydroxyl groups is 6. The molecule has 0 aromatic heterocycles. The van der Waals surface area contributed by atoms with Crippen LogP contribution in [0, 0.1) is 0 Å². The lowest BCUT2D eigenvalue weighted by molar-refractivity contribution is -0.277. The highest BCUT2D eigenvalue weighted by molar-refractivity contribution is 5.62. The standard InChI is InChI=1S/C26H32O11/c1-33-18-10-14(5-6-17(18)35-26-23(32)22(31)21(30)20(12-29)36-26)24-16(11-28)15-8-13(4-3-7-27)9-19(34-2)25(15)37-24/h3-6,8-10,16,20-24,26-32H,7,11-12H2,1-2H3/b4-3+/t16-,20-,21-,22+,23-,24+,26-/m0/s1. The Bertz CT molecular complexity index is 1100. The number of methoxy groups -OCH3 is 2. The van der Waals surface area contributed by atoms with Gasteiger partial charge < -0.3 is 54.3 Å². The van der Waals surface area contributed by atoms with Crippen LogP contribution < -0.4 is 18.9 Å².